The van der Waals surface area contributed by atoms with Crippen LogP contribution in [0.1, 0.15) is 11.3 Å². The van der Waals surface area contributed by atoms with E-state index < -0.39 is 23.6 Å². The van der Waals surface area contributed by atoms with Crippen LogP contribution in [0.5, 0.6) is 0 Å². The van der Waals surface area contributed by atoms with Gasteiger partial charge in [-0.05, 0) is 124 Å². The molecule has 8 aromatic carbocycles. The summed E-state index contributed by atoms with van der Waals surface area (Å²) in [6.45, 7) is 0. The number of alkyl halides is 6. The van der Waals surface area contributed by atoms with Crippen LogP contribution in [-0.4, -0.2) is 4.98 Å². The van der Waals surface area contributed by atoms with E-state index in [-0.39, 0.29) is 0 Å². The number of nitrogens with zero attached hydrogens (tertiary/aromatic N) is 1. The lowest BCUT2D eigenvalue weighted by Gasteiger charge is -2.19. The second-order valence-electron chi connectivity index (χ2n) is 12.6. The summed E-state index contributed by atoms with van der Waals surface area (Å²) in [7, 11) is 0. The zero-order valence-corrected chi connectivity index (χ0v) is 26.0. The minimum atomic E-state index is -4.50. The topological polar surface area (TPSA) is 12.9 Å². The Morgan fingerprint density at radius 1 is 0.380 bits per heavy atom. The minimum Gasteiger partial charge on any atom is -0.251 e. The standard InChI is InChI=1S/C43H23F6N/c44-42(45,46)32-16-13-24(14-17-32)40-33-5-1-3-7-35(33)41(36-8-4-2-6-34(36)40)31-21-27-11-9-25-19-30(29-15-18-37(50-23-29)43(47,48)49)20-26-10-12-28(22-31)39(27)38(25)26/h1-23H. The maximum atomic E-state index is 13.4. The predicted molar refractivity (Wildman–Crippen MR) is 189 cm³/mol. The molecule has 0 saturated heterocycles. The van der Waals surface area contributed by atoms with E-state index in [1.54, 1.807) is 12.1 Å². The number of aromatic nitrogens is 1. The summed E-state index contributed by atoms with van der Waals surface area (Å²) in [5, 5.41) is 10.1. The molecule has 1 heterocycles. The molecular formula is C43H23F6N. The van der Waals surface area contributed by atoms with Gasteiger partial charge in [0, 0.05) is 11.8 Å². The number of benzene rings is 8. The van der Waals surface area contributed by atoms with Crippen LogP contribution in [0.15, 0.2) is 140 Å². The van der Waals surface area contributed by atoms with Gasteiger partial charge >= 0.3 is 12.4 Å². The van der Waals surface area contributed by atoms with Gasteiger partial charge in [0.15, 0.2) is 0 Å². The van der Waals surface area contributed by atoms with E-state index in [4.69, 9.17) is 0 Å². The molecule has 0 aliphatic heterocycles. The highest BCUT2D eigenvalue weighted by Gasteiger charge is 2.32. The molecule has 242 valence electrons. The van der Waals surface area contributed by atoms with Crippen molar-refractivity contribution in [2.24, 2.45) is 0 Å². The van der Waals surface area contributed by atoms with E-state index in [9.17, 15) is 26.3 Å². The molecule has 0 aliphatic carbocycles. The van der Waals surface area contributed by atoms with Gasteiger partial charge in [0.2, 0.25) is 0 Å². The van der Waals surface area contributed by atoms with Crippen molar-refractivity contribution >= 4 is 53.9 Å². The Balaban J connectivity index is 1.23. The first-order valence-electron chi connectivity index (χ1n) is 15.9. The quantitative estimate of drug-likeness (QED) is 0.104. The second kappa shape index (κ2) is 10.8. The molecule has 0 radical (unpaired) electrons. The van der Waals surface area contributed by atoms with Crippen molar-refractivity contribution in [3.05, 3.63) is 151 Å². The van der Waals surface area contributed by atoms with Crippen LogP contribution in [0.3, 0.4) is 0 Å². The van der Waals surface area contributed by atoms with E-state index >= 15 is 0 Å². The highest BCUT2D eigenvalue weighted by Crippen LogP contribution is 2.46. The van der Waals surface area contributed by atoms with E-state index in [0.29, 0.717) is 11.1 Å². The predicted octanol–water partition coefficient (Wildman–Crippen LogP) is 13.3. The Hall–Kier alpha value is -5.95. The summed E-state index contributed by atoms with van der Waals surface area (Å²) in [4.78, 5) is 3.66. The van der Waals surface area contributed by atoms with Crippen molar-refractivity contribution in [1.29, 1.82) is 0 Å². The van der Waals surface area contributed by atoms with E-state index in [0.717, 1.165) is 94.3 Å². The minimum absolute atomic E-state index is 0.601. The molecule has 50 heavy (non-hydrogen) atoms. The Labute approximate surface area is 281 Å². The third kappa shape index (κ3) is 4.76. The summed E-state index contributed by atoms with van der Waals surface area (Å²) in [6, 6.07) is 40.4. The van der Waals surface area contributed by atoms with Crippen LogP contribution in [0, 0.1) is 0 Å². The normalized spacial score (nSPS) is 12.6. The van der Waals surface area contributed by atoms with E-state index in [2.05, 4.69) is 41.4 Å². The van der Waals surface area contributed by atoms with Crippen molar-refractivity contribution in [2.75, 3.05) is 0 Å². The number of hydrogen-bond acceptors (Lipinski definition) is 1. The van der Waals surface area contributed by atoms with Crippen molar-refractivity contribution in [3.8, 4) is 33.4 Å². The molecule has 0 fully saturated rings. The van der Waals surface area contributed by atoms with Crippen LogP contribution in [0.2, 0.25) is 0 Å². The first-order chi connectivity index (χ1) is 24.0. The largest absolute Gasteiger partial charge is 0.433 e. The molecule has 0 N–H and O–H groups in total. The summed E-state index contributed by atoms with van der Waals surface area (Å²) in [5.74, 6) is 0. The Morgan fingerprint density at radius 2 is 0.800 bits per heavy atom. The molecule has 7 heteroatoms. The SMILES string of the molecule is FC(F)(F)c1ccc(-c2c3ccccc3c(-c3cc4ccc5cc(-c6ccc(C(F)(F)F)nc6)cc6ccc(c3)c4c56)c3ccccc23)cc1. The van der Waals surface area contributed by atoms with Gasteiger partial charge in [0.25, 0.3) is 0 Å². The molecular weight excluding hydrogens is 644 g/mol. The monoisotopic (exact) mass is 667 g/mol. The number of pyridine rings is 1. The van der Waals surface area contributed by atoms with Gasteiger partial charge in [-0.15, -0.1) is 0 Å². The summed E-state index contributed by atoms with van der Waals surface area (Å²) >= 11 is 0. The van der Waals surface area contributed by atoms with Gasteiger partial charge in [-0.2, -0.15) is 26.3 Å². The van der Waals surface area contributed by atoms with Crippen LogP contribution < -0.4 is 0 Å². The number of hydrogen-bond donors (Lipinski definition) is 0. The van der Waals surface area contributed by atoms with E-state index in [1.807, 2.05) is 60.7 Å². The smallest absolute Gasteiger partial charge is 0.251 e. The van der Waals surface area contributed by atoms with Crippen LogP contribution in [0.4, 0.5) is 26.3 Å². The van der Waals surface area contributed by atoms with E-state index in [1.165, 1.54) is 12.3 Å². The first kappa shape index (κ1) is 30.1. The molecule has 9 aromatic rings. The third-order valence-corrected chi connectivity index (χ3v) is 9.64. The van der Waals surface area contributed by atoms with Gasteiger partial charge in [-0.25, -0.2) is 0 Å². The maximum absolute atomic E-state index is 13.4. The lowest BCUT2D eigenvalue weighted by molar-refractivity contribution is -0.141. The molecule has 0 amide bonds. The highest BCUT2D eigenvalue weighted by molar-refractivity contribution is 6.26. The number of rotatable bonds is 3. The summed E-state index contributed by atoms with van der Waals surface area (Å²) < 4.78 is 79.7. The molecule has 0 unspecified atom stereocenters. The molecule has 1 nitrogen and oxygen atoms in total. The zero-order chi connectivity index (χ0) is 34.4. The van der Waals surface area contributed by atoms with Crippen molar-refractivity contribution in [2.45, 2.75) is 12.4 Å². The fourth-order valence-electron chi connectivity index (χ4n) is 7.46. The molecule has 0 atom stereocenters. The van der Waals surface area contributed by atoms with Gasteiger partial charge < -0.3 is 0 Å². The summed E-state index contributed by atoms with van der Waals surface area (Å²) in [5.41, 5.74) is 3.41. The Kier molecular flexibility index (Phi) is 6.49. The molecule has 0 spiro atoms. The second-order valence-corrected chi connectivity index (χ2v) is 12.6. The van der Waals surface area contributed by atoms with Gasteiger partial charge in [-0.1, -0.05) is 91.0 Å². The molecule has 1 aromatic heterocycles. The fourth-order valence-corrected chi connectivity index (χ4v) is 7.46. The Morgan fingerprint density at radius 3 is 1.20 bits per heavy atom. The van der Waals surface area contributed by atoms with Gasteiger partial charge in [0.1, 0.15) is 5.69 Å². The maximum Gasteiger partial charge on any atom is 0.433 e. The van der Waals surface area contributed by atoms with Crippen LogP contribution >= 0.6 is 0 Å². The molecule has 0 saturated carbocycles. The lowest BCUT2D eigenvalue weighted by Crippen LogP contribution is -2.07. The molecule has 9 rings (SSSR count). The highest BCUT2D eigenvalue weighted by atomic mass is 19.4. The van der Waals surface area contributed by atoms with Crippen molar-refractivity contribution in [1.82, 2.24) is 4.98 Å². The number of halogens is 6. The van der Waals surface area contributed by atoms with Crippen LogP contribution in [0.25, 0.3) is 87.2 Å². The van der Waals surface area contributed by atoms with Gasteiger partial charge in [0.05, 0.1) is 5.56 Å². The average Bonchev–Trinajstić information content (AvgIpc) is 3.12. The number of fused-ring (bicyclic) bond motifs is 2. The molecule has 0 bridgehead atoms. The van der Waals surface area contributed by atoms with Gasteiger partial charge in [-0.3, -0.25) is 4.98 Å². The van der Waals surface area contributed by atoms with Crippen LogP contribution in [-0.2, 0) is 12.4 Å². The Bertz CT molecular complexity index is 2640. The first-order valence-corrected chi connectivity index (χ1v) is 15.9. The fraction of sp³-hybridized carbons (Fsp3) is 0.0465. The lowest BCUT2D eigenvalue weighted by atomic mass is 9.84. The average molecular weight is 668 g/mol. The van der Waals surface area contributed by atoms with Crippen molar-refractivity contribution in [3.63, 3.8) is 0 Å². The zero-order valence-electron chi connectivity index (χ0n) is 26.0. The molecule has 0 aliphatic rings. The summed E-state index contributed by atoms with van der Waals surface area (Å²) in [6.07, 6.45) is -7.66. The third-order valence-electron chi connectivity index (χ3n) is 9.64. The van der Waals surface area contributed by atoms with Crippen molar-refractivity contribution < 1.29 is 26.3 Å².